The second-order valence-corrected chi connectivity index (χ2v) is 8.21. The van der Waals surface area contributed by atoms with Crippen LogP contribution in [0.2, 0.25) is 0 Å². The zero-order valence-corrected chi connectivity index (χ0v) is 20.8. The number of carbonyl (C=O) groups is 3. The van der Waals surface area contributed by atoms with E-state index in [4.69, 9.17) is 9.47 Å². The fourth-order valence-corrected chi connectivity index (χ4v) is 3.19. The van der Waals surface area contributed by atoms with Crippen molar-refractivity contribution in [1.29, 1.82) is 0 Å². The van der Waals surface area contributed by atoms with Crippen molar-refractivity contribution in [2.45, 2.75) is 6.92 Å². The summed E-state index contributed by atoms with van der Waals surface area (Å²) in [5, 5.41) is 8.64. The second-order valence-electron chi connectivity index (χ2n) is 8.21. The zero-order valence-electron chi connectivity index (χ0n) is 20.8. The molecule has 9 heteroatoms. The first-order chi connectivity index (χ1) is 17.3. The first-order valence-electron chi connectivity index (χ1n) is 11.3. The molecule has 36 heavy (non-hydrogen) atoms. The van der Waals surface area contributed by atoms with Gasteiger partial charge in [0, 0.05) is 25.3 Å². The van der Waals surface area contributed by atoms with Crippen molar-refractivity contribution in [2.75, 3.05) is 50.3 Å². The van der Waals surface area contributed by atoms with E-state index in [-0.39, 0.29) is 30.9 Å². The number of hydrogen-bond acceptors (Lipinski definition) is 6. The van der Waals surface area contributed by atoms with Crippen LogP contribution in [-0.4, -0.2) is 57.0 Å². The molecule has 0 aliphatic carbocycles. The lowest BCUT2D eigenvalue weighted by Gasteiger charge is -2.16. The molecule has 188 valence electrons. The fourth-order valence-electron chi connectivity index (χ4n) is 3.19. The number of hydrogen-bond donors (Lipinski definition) is 3. The Morgan fingerprint density at radius 2 is 1.58 bits per heavy atom. The van der Waals surface area contributed by atoms with Crippen molar-refractivity contribution in [3.05, 3.63) is 77.9 Å². The van der Waals surface area contributed by atoms with Crippen molar-refractivity contribution in [3.8, 4) is 11.5 Å². The SMILES string of the molecule is COc1ccccc1NC(=O)c1ccc(NC(=O)CNc2ccc(C)cc2OCC(=O)N(C)C)cc1. The topological polar surface area (TPSA) is 109 Å². The van der Waals surface area contributed by atoms with Crippen LogP contribution in [0, 0.1) is 6.92 Å². The molecular weight excluding hydrogens is 460 g/mol. The van der Waals surface area contributed by atoms with Gasteiger partial charge in [-0.1, -0.05) is 18.2 Å². The monoisotopic (exact) mass is 490 g/mol. The molecule has 0 saturated carbocycles. The van der Waals surface area contributed by atoms with Crippen LogP contribution in [0.3, 0.4) is 0 Å². The summed E-state index contributed by atoms with van der Waals surface area (Å²) in [6.07, 6.45) is 0. The Kier molecular flexibility index (Phi) is 8.88. The van der Waals surface area contributed by atoms with Crippen LogP contribution in [0.4, 0.5) is 17.1 Å². The summed E-state index contributed by atoms with van der Waals surface area (Å²) in [5.41, 5.74) is 3.12. The average Bonchev–Trinajstić information content (AvgIpc) is 2.87. The first-order valence-corrected chi connectivity index (χ1v) is 11.3. The number of methoxy groups -OCH3 is 1. The third kappa shape index (κ3) is 7.23. The number of likely N-dealkylation sites (N-methyl/N-ethyl adjacent to an activating group) is 1. The number of anilines is 3. The van der Waals surface area contributed by atoms with Crippen LogP contribution in [0.15, 0.2) is 66.7 Å². The molecule has 3 N–H and O–H groups in total. The average molecular weight is 491 g/mol. The van der Waals surface area contributed by atoms with Crippen LogP contribution in [0.5, 0.6) is 11.5 Å². The summed E-state index contributed by atoms with van der Waals surface area (Å²) in [6, 6.07) is 19.2. The van der Waals surface area contributed by atoms with Crippen LogP contribution in [0.25, 0.3) is 0 Å². The van der Waals surface area contributed by atoms with Crippen molar-refractivity contribution in [1.82, 2.24) is 4.90 Å². The summed E-state index contributed by atoms with van der Waals surface area (Å²) >= 11 is 0. The predicted molar refractivity (Wildman–Crippen MR) is 140 cm³/mol. The Bertz CT molecular complexity index is 1230. The molecule has 0 aliphatic rings. The van der Waals surface area contributed by atoms with Crippen molar-refractivity contribution in [2.24, 2.45) is 0 Å². The van der Waals surface area contributed by atoms with Crippen molar-refractivity contribution in [3.63, 3.8) is 0 Å². The van der Waals surface area contributed by atoms with Gasteiger partial charge < -0.3 is 30.3 Å². The summed E-state index contributed by atoms with van der Waals surface area (Å²) in [6.45, 7) is 1.79. The Balaban J connectivity index is 1.55. The summed E-state index contributed by atoms with van der Waals surface area (Å²) < 4.78 is 10.9. The Labute approximate surface area is 210 Å². The summed E-state index contributed by atoms with van der Waals surface area (Å²) in [5.74, 6) is 0.313. The number of carbonyl (C=O) groups excluding carboxylic acids is 3. The van der Waals surface area contributed by atoms with Gasteiger partial charge in [0.1, 0.15) is 11.5 Å². The Morgan fingerprint density at radius 3 is 2.28 bits per heavy atom. The van der Waals surface area contributed by atoms with Crippen LogP contribution < -0.4 is 25.4 Å². The Morgan fingerprint density at radius 1 is 0.861 bits per heavy atom. The highest BCUT2D eigenvalue weighted by Gasteiger charge is 2.12. The minimum atomic E-state index is -0.293. The lowest BCUT2D eigenvalue weighted by atomic mass is 10.2. The van der Waals surface area contributed by atoms with Crippen molar-refractivity contribution >= 4 is 34.8 Å². The molecule has 0 spiro atoms. The lowest BCUT2D eigenvalue weighted by Crippen LogP contribution is -2.28. The van der Waals surface area contributed by atoms with Crippen molar-refractivity contribution < 1.29 is 23.9 Å². The van der Waals surface area contributed by atoms with Gasteiger partial charge in [-0.3, -0.25) is 14.4 Å². The minimum Gasteiger partial charge on any atom is -0.495 e. The van der Waals surface area contributed by atoms with Gasteiger partial charge in [0.15, 0.2) is 6.61 Å². The minimum absolute atomic E-state index is 0.0168. The van der Waals surface area contributed by atoms with Gasteiger partial charge in [0.2, 0.25) is 5.91 Å². The van der Waals surface area contributed by atoms with Gasteiger partial charge in [0.05, 0.1) is 25.0 Å². The number of ether oxygens (including phenoxy) is 2. The highest BCUT2D eigenvalue weighted by Crippen LogP contribution is 2.26. The number of nitrogens with zero attached hydrogens (tertiary/aromatic N) is 1. The van der Waals surface area contributed by atoms with E-state index in [1.807, 2.05) is 19.1 Å². The third-order valence-electron chi connectivity index (χ3n) is 5.21. The lowest BCUT2D eigenvalue weighted by molar-refractivity contribution is -0.130. The predicted octanol–water partition coefficient (Wildman–Crippen LogP) is 3.77. The van der Waals surface area contributed by atoms with E-state index in [0.717, 1.165) is 5.56 Å². The first kappa shape index (κ1) is 26.1. The number of para-hydroxylation sites is 2. The Hall–Kier alpha value is -4.53. The smallest absolute Gasteiger partial charge is 0.259 e. The molecule has 0 bridgehead atoms. The van der Waals surface area contributed by atoms with Gasteiger partial charge in [-0.15, -0.1) is 0 Å². The molecule has 0 fully saturated rings. The van der Waals surface area contributed by atoms with Crippen LogP contribution >= 0.6 is 0 Å². The second kappa shape index (κ2) is 12.3. The summed E-state index contributed by atoms with van der Waals surface area (Å²) in [4.78, 5) is 38.3. The van der Waals surface area contributed by atoms with Gasteiger partial charge >= 0.3 is 0 Å². The van der Waals surface area contributed by atoms with E-state index in [9.17, 15) is 14.4 Å². The third-order valence-corrected chi connectivity index (χ3v) is 5.21. The molecule has 0 atom stereocenters. The fraction of sp³-hybridized carbons (Fsp3) is 0.222. The highest BCUT2D eigenvalue weighted by molar-refractivity contribution is 6.05. The highest BCUT2D eigenvalue weighted by atomic mass is 16.5. The molecule has 3 aromatic rings. The molecular formula is C27H30N4O5. The number of amides is 3. The van der Waals surface area contributed by atoms with E-state index in [1.54, 1.807) is 68.7 Å². The van der Waals surface area contributed by atoms with E-state index in [0.29, 0.717) is 34.1 Å². The molecule has 0 aromatic heterocycles. The molecule has 0 heterocycles. The van der Waals surface area contributed by atoms with E-state index < -0.39 is 0 Å². The molecule has 3 aromatic carbocycles. The van der Waals surface area contributed by atoms with Gasteiger partial charge in [0.25, 0.3) is 11.8 Å². The largest absolute Gasteiger partial charge is 0.495 e. The maximum Gasteiger partial charge on any atom is 0.259 e. The molecule has 0 unspecified atom stereocenters. The molecule has 3 amide bonds. The van der Waals surface area contributed by atoms with Crippen LogP contribution in [0.1, 0.15) is 15.9 Å². The number of rotatable bonds is 10. The normalized spacial score (nSPS) is 10.2. The maximum absolute atomic E-state index is 12.6. The molecule has 9 nitrogen and oxygen atoms in total. The summed E-state index contributed by atoms with van der Waals surface area (Å²) in [7, 11) is 4.85. The van der Waals surface area contributed by atoms with E-state index >= 15 is 0 Å². The quantitative estimate of drug-likeness (QED) is 0.399. The van der Waals surface area contributed by atoms with E-state index in [1.165, 1.54) is 12.0 Å². The standard InChI is InChI=1S/C27H30N4O5/c1-18-9-14-21(24(15-18)36-17-26(33)31(2)3)28-16-25(32)29-20-12-10-19(11-13-20)27(34)30-22-7-5-6-8-23(22)35-4/h5-15,28H,16-17H2,1-4H3,(H,29,32)(H,30,34). The van der Waals surface area contributed by atoms with Gasteiger partial charge in [-0.05, 0) is 61.0 Å². The number of aryl methyl sites for hydroxylation is 1. The van der Waals surface area contributed by atoms with Gasteiger partial charge in [-0.2, -0.15) is 0 Å². The number of benzene rings is 3. The molecule has 0 saturated heterocycles. The molecule has 3 rings (SSSR count). The van der Waals surface area contributed by atoms with Gasteiger partial charge in [-0.25, -0.2) is 0 Å². The van der Waals surface area contributed by atoms with Crippen LogP contribution in [-0.2, 0) is 9.59 Å². The molecule has 0 radical (unpaired) electrons. The molecule has 0 aliphatic heterocycles. The van der Waals surface area contributed by atoms with E-state index in [2.05, 4.69) is 16.0 Å². The number of nitrogens with one attached hydrogen (secondary N) is 3. The maximum atomic E-state index is 12.6. The zero-order chi connectivity index (χ0) is 26.1.